The van der Waals surface area contributed by atoms with Crippen LogP contribution < -0.4 is 19.7 Å². The first-order valence-electron chi connectivity index (χ1n) is 8.77. The van der Waals surface area contributed by atoms with Crippen molar-refractivity contribution < 1.29 is 22.9 Å². The number of nitrogens with zero attached hydrogens (tertiary/aromatic N) is 2. The van der Waals surface area contributed by atoms with E-state index in [1.807, 2.05) is 12.1 Å². The number of sulfonamides is 1. The molecule has 1 aliphatic rings. The molecule has 0 saturated heterocycles. The molecule has 0 saturated carbocycles. The van der Waals surface area contributed by atoms with E-state index < -0.39 is 21.0 Å². The van der Waals surface area contributed by atoms with E-state index in [-0.39, 0.29) is 29.4 Å². The number of para-hydroxylation sites is 1. The molecule has 0 radical (unpaired) electrons. The van der Waals surface area contributed by atoms with E-state index in [0.29, 0.717) is 18.7 Å². The lowest BCUT2D eigenvalue weighted by Gasteiger charge is -2.19. The maximum absolute atomic E-state index is 12.6. The quantitative estimate of drug-likeness (QED) is 0.521. The zero-order valence-corrected chi connectivity index (χ0v) is 16.4. The number of urea groups is 1. The number of nitro groups is 1. The zero-order valence-electron chi connectivity index (χ0n) is 15.6. The van der Waals surface area contributed by atoms with E-state index in [1.54, 1.807) is 12.1 Å². The van der Waals surface area contributed by atoms with Crippen molar-refractivity contribution in [1.29, 1.82) is 0 Å². The number of carbonyl (C=O) groups excluding carboxylic acids is 1. The Morgan fingerprint density at radius 2 is 2.03 bits per heavy atom. The van der Waals surface area contributed by atoms with Gasteiger partial charge in [0.1, 0.15) is 5.75 Å². The fourth-order valence-electron chi connectivity index (χ4n) is 3.07. The predicted octanol–water partition coefficient (Wildman–Crippen LogP) is 2.12. The highest BCUT2D eigenvalue weighted by molar-refractivity contribution is 7.92. The molecular weight excluding hydrogens is 400 g/mol. The van der Waals surface area contributed by atoms with E-state index in [2.05, 4.69) is 10.6 Å². The summed E-state index contributed by atoms with van der Waals surface area (Å²) in [7, 11) is -2.23. The first kappa shape index (κ1) is 20.4. The lowest BCUT2D eigenvalue weighted by Crippen LogP contribution is -2.38. The lowest BCUT2D eigenvalue weighted by molar-refractivity contribution is -0.384. The van der Waals surface area contributed by atoms with Crippen molar-refractivity contribution in [3.05, 3.63) is 58.1 Å². The van der Waals surface area contributed by atoms with Crippen LogP contribution in [0.1, 0.15) is 5.56 Å². The summed E-state index contributed by atoms with van der Waals surface area (Å²) < 4.78 is 31.7. The molecule has 0 aromatic heterocycles. The number of methoxy groups -OCH3 is 1. The second-order valence-corrected chi connectivity index (χ2v) is 8.30. The minimum atomic E-state index is -3.60. The molecule has 1 heterocycles. The highest BCUT2D eigenvalue weighted by Crippen LogP contribution is 2.30. The van der Waals surface area contributed by atoms with Crippen molar-refractivity contribution in [1.82, 2.24) is 5.32 Å². The number of nitrogens with one attached hydrogen (secondary N) is 2. The molecule has 154 valence electrons. The summed E-state index contributed by atoms with van der Waals surface area (Å²) in [4.78, 5) is 22.4. The van der Waals surface area contributed by atoms with Gasteiger partial charge in [-0.2, -0.15) is 0 Å². The number of anilines is 2. The largest absolute Gasteiger partial charge is 0.495 e. The number of carbonyl (C=O) groups is 1. The molecule has 2 amide bonds. The van der Waals surface area contributed by atoms with E-state index in [9.17, 15) is 23.3 Å². The monoisotopic (exact) mass is 420 g/mol. The number of fused-ring (bicyclic) bond motifs is 1. The third-order valence-corrected chi connectivity index (χ3v) is 6.24. The standard InChI is InChI=1S/C18H20N4O6S/c1-28-17-7-6-14(22(24)25)12-15(17)20-18(23)19-9-11-29(26,27)21-10-8-13-4-2-3-5-16(13)21/h2-7,12H,8-11H2,1H3,(H2,19,20,23). The number of non-ortho nitro benzene ring substituents is 1. The van der Waals surface area contributed by atoms with Crippen molar-refractivity contribution in [3.63, 3.8) is 0 Å². The van der Waals surface area contributed by atoms with Gasteiger partial charge >= 0.3 is 6.03 Å². The molecule has 29 heavy (non-hydrogen) atoms. The van der Waals surface area contributed by atoms with Gasteiger partial charge in [-0.25, -0.2) is 13.2 Å². The summed E-state index contributed by atoms with van der Waals surface area (Å²) in [6.45, 7) is 0.253. The highest BCUT2D eigenvalue weighted by Gasteiger charge is 2.28. The minimum absolute atomic E-state index is 0.107. The Kier molecular flexibility index (Phi) is 5.87. The molecule has 10 nitrogen and oxygen atoms in total. The van der Waals surface area contributed by atoms with Crippen molar-refractivity contribution >= 4 is 33.1 Å². The number of rotatable bonds is 7. The van der Waals surface area contributed by atoms with E-state index in [4.69, 9.17) is 4.74 Å². The van der Waals surface area contributed by atoms with Crippen LogP contribution in [0.4, 0.5) is 21.9 Å². The molecule has 0 aliphatic carbocycles. The van der Waals surface area contributed by atoms with Crippen molar-refractivity contribution in [2.45, 2.75) is 6.42 Å². The van der Waals surface area contributed by atoms with Gasteiger partial charge < -0.3 is 15.4 Å². The fourth-order valence-corrected chi connectivity index (χ4v) is 4.50. The van der Waals surface area contributed by atoms with Crippen molar-refractivity contribution in [2.24, 2.45) is 0 Å². The fraction of sp³-hybridized carbons (Fsp3) is 0.278. The van der Waals surface area contributed by atoms with Gasteiger partial charge in [-0.3, -0.25) is 14.4 Å². The van der Waals surface area contributed by atoms with Crippen LogP contribution in [0.5, 0.6) is 5.75 Å². The second-order valence-electron chi connectivity index (χ2n) is 6.29. The Balaban J connectivity index is 1.59. The number of nitro benzene ring substituents is 1. The molecule has 0 atom stereocenters. The summed E-state index contributed by atoms with van der Waals surface area (Å²) in [6, 6.07) is 10.4. The van der Waals surface area contributed by atoms with E-state index in [0.717, 1.165) is 11.6 Å². The molecule has 1 aliphatic heterocycles. The van der Waals surface area contributed by atoms with Crippen molar-refractivity contribution in [2.75, 3.05) is 35.6 Å². The lowest BCUT2D eigenvalue weighted by atomic mass is 10.2. The molecule has 2 aromatic rings. The Morgan fingerprint density at radius 1 is 1.28 bits per heavy atom. The van der Waals surface area contributed by atoms with Crippen molar-refractivity contribution in [3.8, 4) is 5.75 Å². The van der Waals surface area contributed by atoms with Gasteiger partial charge in [0, 0.05) is 25.2 Å². The summed E-state index contributed by atoms with van der Waals surface area (Å²) in [5.41, 5.74) is 1.53. The van der Waals surface area contributed by atoms with Crippen LogP contribution in [0.3, 0.4) is 0 Å². The topological polar surface area (TPSA) is 131 Å². The Labute approximate surface area is 167 Å². The van der Waals surface area contributed by atoms with Gasteiger partial charge in [-0.15, -0.1) is 0 Å². The van der Waals surface area contributed by atoms with Crippen LogP contribution in [-0.2, 0) is 16.4 Å². The van der Waals surface area contributed by atoms with Gasteiger partial charge in [0.15, 0.2) is 0 Å². The molecular formula is C18H20N4O6S. The molecule has 2 aromatic carbocycles. The van der Waals surface area contributed by atoms with Gasteiger partial charge in [0.05, 0.1) is 29.2 Å². The average molecular weight is 420 g/mol. The maximum atomic E-state index is 12.6. The number of hydrogen-bond acceptors (Lipinski definition) is 6. The van der Waals surface area contributed by atoms with E-state index >= 15 is 0 Å². The summed E-state index contributed by atoms with van der Waals surface area (Å²) in [5.74, 6) is -0.0343. The molecule has 0 spiro atoms. The van der Waals surface area contributed by atoms with Crippen LogP contribution in [0.25, 0.3) is 0 Å². The third kappa shape index (κ3) is 4.57. The normalized spacial score (nSPS) is 12.9. The number of hydrogen-bond donors (Lipinski definition) is 2. The van der Waals surface area contributed by atoms with Gasteiger partial charge in [-0.1, -0.05) is 18.2 Å². The number of ether oxygens (including phenoxy) is 1. The molecule has 0 bridgehead atoms. The average Bonchev–Trinajstić information content (AvgIpc) is 3.12. The molecule has 3 rings (SSSR count). The summed E-state index contributed by atoms with van der Waals surface area (Å²) in [6.07, 6.45) is 0.649. The second kappa shape index (κ2) is 8.35. The number of amides is 2. The first-order valence-corrected chi connectivity index (χ1v) is 10.4. The molecule has 2 N–H and O–H groups in total. The summed E-state index contributed by atoms with van der Waals surface area (Å²) >= 11 is 0. The smallest absolute Gasteiger partial charge is 0.319 e. The zero-order chi connectivity index (χ0) is 21.0. The van der Waals surface area contributed by atoms with Crippen LogP contribution in [0.2, 0.25) is 0 Å². The molecule has 0 fully saturated rings. The maximum Gasteiger partial charge on any atom is 0.319 e. The predicted molar refractivity (Wildman–Crippen MR) is 108 cm³/mol. The van der Waals surface area contributed by atoms with Gasteiger partial charge in [-0.05, 0) is 24.1 Å². The highest BCUT2D eigenvalue weighted by atomic mass is 32.2. The van der Waals surface area contributed by atoms with E-state index in [1.165, 1.54) is 23.5 Å². The van der Waals surface area contributed by atoms with Crippen LogP contribution in [-0.4, -0.2) is 45.3 Å². The summed E-state index contributed by atoms with van der Waals surface area (Å²) in [5, 5.41) is 15.8. The molecule has 0 unspecified atom stereocenters. The van der Waals surface area contributed by atoms with Crippen LogP contribution in [0.15, 0.2) is 42.5 Å². The number of benzene rings is 2. The first-order chi connectivity index (χ1) is 13.8. The Hall–Kier alpha value is -3.34. The van der Waals surface area contributed by atoms with Crippen LogP contribution in [0, 0.1) is 10.1 Å². The Bertz CT molecular complexity index is 1040. The van der Waals surface area contributed by atoms with Crippen LogP contribution >= 0.6 is 0 Å². The van der Waals surface area contributed by atoms with Gasteiger partial charge in [0.25, 0.3) is 5.69 Å². The third-order valence-electron chi connectivity index (χ3n) is 4.47. The SMILES string of the molecule is COc1ccc([N+](=O)[O-])cc1NC(=O)NCCS(=O)(=O)N1CCc2ccccc21. The Morgan fingerprint density at radius 3 is 2.76 bits per heavy atom. The minimum Gasteiger partial charge on any atom is -0.495 e. The van der Waals surface area contributed by atoms with Gasteiger partial charge in [0.2, 0.25) is 10.0 Å². The molecule has 11 heteroatoms.